The number of pyridine rings is 1. The number of hydrogen-bond donors (Lipinski definition) is 1. The molecule has 22 heavy (non-hydrogen) atoms. The van der Waals surface area contributed by atoms with E-state index in [4.69, 9.17) is 5.73 Å². The number of hydrogen-bond acceptors (Lipinski definition) is 5. The van der Waals surface area contributed by atoms with E-state index >= 15 is 0 Å². The zero-order chi connectivity index (χ0) is 14.9. The zero-order valence-electron chi connectivity index (χ0n) is 12.7. The van der Waals surface area contributed by atoms with Gasteiger partial charge in [0.25, 0.3) is 0 Å². The Morgan fingerprint density at radius 1 is 1.23 bits per heavy atom. The Labute approximate surface area is 130 Å². The molecule has 0 aromatic carbocycles. The van der Waals surface area contributed by atoms with Crippen molar-refractivity contribution in [1.29, 1.82) is 0 Å². The van der Waals surface area contributed by atoms with Crippen LogP contribution in [0.1, 0.15) is 29.8 Å². The zero-order valence-corrected chi connectivity index (χ0v) is 12.7. The van der Waals surface area contributed by atoms with Gasteiger partial charge in [-0.2, -0.15) is 4.98 Å². The van der Waals surface area contributed by atoms with E-state index in [2.05, 4.69) is 32.0 Å². The van der Waals surface area contributed by atoms with Crippen molar-refractivity contribution in [2.75, 3.05) is 23.7 Å². The molecule has 2 aromatic rings. The Balaban J connectivity index is 1.52. The van der Waals surface area contributed by atoms with Gasteiger partial charge in [-0.15, -0.1) is 0 Å². The van der Waals surface area contributed by atoms with Gasteiger partial charge in [0.15, 0.2) is 0 Å². The fraction of sp³-hybridized carbons (Fsp3) is 0.471. The maximum atomic E-state index is 5.90. The lowest BCUT2D eigenvalue weighted by molar-refractivity contribution is 0.577. The molecule has 2 aromatic heterocycles. The van der Waals surface area contributed by atoms with Gasteiger partial charge >= 0.3 is 0 Å². The van der Waals surface area contributed by atoms with E-state index in [0.717, 1.165) is 43.9 Å². The van der Waals surface area contributed by atoms with Crippen molar-refractivity contribution in [2.45, 2.75) is 32.1 Å². The number of aromatic nitrogens is 3. The molecule has 3 heterocycles. The molecule has 0 saturated carbocycles. The maximum Gasteiger partial charge on any atom is 0.222 e. The summed E-state index contributed by atoms with van der Waals surface area (Å²) in [5, 5.41) is 0. The van der Waals surface area contributed by atoms with Gasteiger partial charge in [0.1, 0.15) is 5.82 Å². The molecule has 1 unspecified atom stereocenters. The second-order valence-corrected chi connectivity index (χ2v) is 6.31. The van der Waals surface area contributed by atoms with Crippen molar-refractivity contribution < 1.29 is 0 Å². The lowest BCUT2D eigenvalue weighted by atomic mass is 10.0. The molecule has 0 spiro atoms. The van der Waals surface area contributed by atoms with Gasteiger partial charge in [-0.1, -0.05) is 6.07 Å². The molecule has 2 N–H and O–H groups in total. The third kappa shape index (κ3) is 2.51. The molecule has 2 aliphatic rings. The van der Waals surface area contributed by atoms with Crippen molar-refractivity contribution in [3.05, 3.63) is 41.3 Å². The summed E-state index contributed by atoms with van der Waals surface area (Å²) in [6, 6.07) is 6.15. The van der Waals surface area contributed by atoms with Crippen molar-refractivity contribution in [3.63, 3.8) is 0 Å². The monoisotopic (exact) mass is 295 g/mol. The van der Waals surface area contributed by atoms with Gasteiger partial charge in [0.05, 0.1) is 5.69 Å². The van der Waals surface area contributed by atoms with Gasteiger partial charge in [0, 0.05) is 30.5 Å². The topological polar surface area (TPSA) is 67.9 Å². The van der Waals surface area contributed by atoms with E-state index in [1.807, 2.05) is 12.3 Å². The lowest BCUT2D eigenvalue weighted by Gasteiger charge is -2.20. The highest BCUT2D eigenvalue weighted by molar-refractivity contribution is 5.54. The van der Waals surface area contributed by atoms with Gasteiger partial charge in [-0.05, 0) is 50.2 Å². The molecule has 0 radical (unpaired) electrons. The minimum atomic E-state index is 0.420. The fourth-order valence-electron chi connectivity index (χ4n) is 3.70. The smallest absolute Gasteiger partial charge is 0.222 e. The summed E-state index contributed by atoms with van der Waals surface area (Å²) < 4.78 is 0. The molecule has 5 heteroatoms. The normalized spacial score (nSPS) is 20.4. The predicted octanol–water partition coefficient (Wildman–Crippen LogP) is 2.01. The first kappa shape index (κ1) is 13.5. The van der Waals surface area contributed by atoms with Crippen LogP contribution in [0.3, 0.4) is 0 Å². The molecule has 5 nitrogen and oxygen atoms in total. The van der Waals surface area contributed by atoms with Crippen LogP contribution in [0.4, 0.5) is 11.8 Å². The number of nitrogens with zero attached hydrogens (tertiary/aromatic N) is 4. The molecule has 0 bridgehead atoms. The molecule has 0 amide bonds. The van der Waals surface area contributed by atoms with Crippen LogP contribution in [0.5, 0.6) is 0 Å². The van der Waals surface area contributed by atoms with Gasteiger partial charge < -0.3 is 10.6 Å². The highest BCUT2D eigenvalue weighted by Gasteiger charge is 2.28. The van der Waals surface area contributed by atoms with Crippen LogP contribution in [0.15, 0.2) is 24.4 Å². The van der Waals surface area contributed by atoms with Gasteiger partial charge in [0.2, 0.25) is 5.95 Å². The average Bonchev–Trinajstić information content (AvgIpc) is 3.16. The molecule has 1 atom stereocenters. The molecule has 1 aliphatic heterocycles. The van der Waals surface area contributed by atoms with E-state index < -0.39 is 0 Å². The van der Waals surface area contributed by atoms with Crippen LogP contribution < -0.4 is 10.6 Å². The lowest BCUT2D eigenvalue weighted by Crippen LogP contribution is -2.24. The number of aryl methyl sites for hydroxylation is 1. The van der Waals surface area contributed by atoms with E-state index in [0.29, 0.717) is 11.9 Å². The first-order valence-corrected chi connectivity index (χ1v) is 8.10. The Kier molecular flexibility index (Phi) is 3.41. The Morgan fingerprint density at radius 2 is 2.18 bits per heavy atom. The number of nitrogens with two attached hydrogens (primary N) is 1. The van der Waals surface area contributed by atoms with Crippen LogP contribution >= 0.6 is 0 Å². The molecule has 1 aliphatic carbocycles. The summed E-state index contributed by atoms with van der Waals surface area (Å²) in [5.74, 6) is 2.15. The second kappa shape index (κ2) is 5.55. The second-order valence-electron chi connectivity index (χ2n) is 6.31. The van der Waals surface area contributed by atoms with Crippen molar-refractivity contribution in [1.82, 2.24) is 15.0 Å². The van der Waals surface area contributed by atoms with E-state index in [1.165, 1.54) is 24.1 Å². The summed E-state index contributed by atoms with van der Waals surface area (Å²) in [7, 11) is 0. The largest absolute Gasteiger partial charge is 0.368 e. The van der Waals surface area contributed by atoms with Crippen LogP contribution in [-0.4, -0.2) is 28.0 Å². The fourth-order valence-corrected chi connectivity index (χ4v) is 3.70. The summed E-state index contributed by atoms with van der Waals surface area (Å²) in [6.45, 7) is 2.10. The Bertz CT molecular complexity index is 670. The predicted molar refractivity (Wildman–Crippen MR) is 86.7 cm³/mol. The highest BCUT2D eigenvalue weighted by Crippen LogP contribution is 2.33. The number of rotatable bonds is 3. The standard InChI is InChI=1S/C17H21N5/c18-17-20-15-6-3-5-14(15)16(21-17)22-9-7-12(11-22)10-13-4-1-2-8-19-13/h1-2,4,8,12H,3,5-7,9-11H2,(H2,18,20,21). The Morgan fingerprint density at radius 3 is 3.05 bits per heavy atom. The van der Waals surface area contributed by atoms with E-state index in [9.17, 15) is 0 Å². The van der Waals surface area contributed by atoms with Crippen LogP contribution in [-0.2, 0) is 19.3 Å². The minimum absolute atomic E-state index is 0.420. The van der Waals surface area contributed by atoms with E-state index in [-0.39, 0.29) is 0 Å². The third-order valence-electron chi connectivity index (χ3n) is 4.74. The van der Waals surface area contributed by atoms with Gasteiger partial charge in [-0.3, -0.25) is 4.98 Å². The van der Waals surface area contributed by atoms with Crippen LogP contribution in [0.25, 0.3) is 0 Å². The Hall–Kier alpha value is -2.17. The molecule has 1 saturated heterocycles. The first-order chi connectivity index (χ1) is 10.8. The quantitative estimate of drug-likeness (QED) is 0.938. The molecular weight excluding hydrogens is 274 g/mol. The number of anilines is 2. The summed E-state index contributed by atoms with van der Waals surface area (Å²) >= 11 is 0. The van der Waals surface area contributed by atoms with Crippen LogP contribution in [0, 0.1) is 5.92 Å². The number of nitrogen functional groups attached to an aromatic ring is 1. The maximum absolute atomic E-state index is 5.90. The minimum Gasteiger partial charge on any atom is -0.368 e. The highest BCUT2D eigenvalue weighted by atomic mass is 15.2. The molecular formula is C17H21N5. The van der Waals surface area contributed by atoms with Crippen molar-refractivity contribution in [3.8, 4) is 0 Å². The van der Waals surface area contributed by atoms with Gasteiger partial charge in [-0.25, -0.2) is 4.98 Å². The number of fused-ring (bicyclic) bond motifs is 1. The first-order valence-electron chi connectivity index (χ1n) is 8.10. The average molecular weight is 295 g/mol. The SMILES string of the molecule is Nc1nc2c(c(N3CCC(Cc4ccccn4)C3)n1)CCC2. The molecule has 4 rings (SSSR count). The summed E-state index contributed by atoms with van der Waals surface area (Å²) in [6.07, 6.45) is 7.41. The van der Waals surface area contributed by atoms with Crippen molar-refractivity contribution >= 4 is 11.8 Å². The van der Waals surface area contributed by atoms with Crippen molar-refractivity contribution in [2.24, 2.45) is 5.92 Å². The molecule has 114 valence electrons. The third-order valence-corrected chi connectivity index (χ3v) is 4.74. The summed E-state index contributed by atoms with van der Waals surface area (Å²) in [5.41, 5.74) is 9.57. The van der Waals surface area contributed by atoms with Crippen LogP contribution in [0.2, 0.25) is 0 Å². The van der Waals surface area contributed by atoms with E-state index in [1.54, 1.807) is 0 Å². The summed E-state index contributed by atoms with van der Waals surface area (Å²) in [4.78, 5) is 15.8. The molecule has 1 fully saturated rings.